The minimum absolute atomic E-state index is 0.0235. The highest BCUT2D eigenvalue weighted by molar-refractivity contribution is 7.80. The lowest BCUT2D eigenvalue weighted by Crippen LogP contribution is -2.42. The molecule has 158 valence electrons. The van der Waals surface area contributed by atoms with Crippen molar-refractivity contribution in [3.05, 3.63) is 12.2 Å². The molecule has 0 radical (unpaired) electrons. The summed E-state index contributed by atoms with van der Waals surface area (Å²) in [5, 5.41) is 14.8. The first-order chi connectivity index (χ1) is 13.5. The molecule has 28 heavy (non-hydrogen) atoms. The first-order valence-corrected chi connectivity index (χ1v) is 11.0. The Morgan fingerprint density at radius 3 is 2.57 bits per heavy atom. The Labute approximate surface area is 173 Å². The molecule has 2 bridgehead atoms. The summed E-state index contributed by atoms with van der Waals surface area (Å²) in [4.78, 5) is 23.4. The van der Waals surface area contributed by atoms with Gasteiger partial charge in [-0.25, -0.2) is 0 Å². The monoisotopic (exact) mass is 410 g/mol. The first-order valence-electron chi connectivity index (χ1n) is 10.6. The average molecular weight is 411 g/mol. The average Bonchev–Trinajstić information content (AvgIpc) is 3.27. The van der Waals surface area contributed by atoms with E-state index in [0.717, 1.165) is 49.9 Å². The first kappa shape index (κ1) is 22.8. The molecule has 2 aliphatic heterocycles. The van der Waals surface area contributed by atoms with E-state index in [1.54, 1.807) is 0 Å². The molecule has 0 unspecified atom stereocenters. The lowest BCUT2D eigenvalue weighted by Gasteiger charge is -2.27. The van der Waals surface area contributed by atoms with Crippen LogP contribution in [0.5, 0.6) is 0 Å². The second kappa shape index (κ2) is 12.2. The second-order valence-electron chi connectivity index (χ2n) is 7.80. The number of carboxylic acid groups (broad SMARTS) is 1. The minimum Gasteiger partial charge on any atom is -0.481 e. The zero-order chi connectivity index (χ0) is 20.4. The van der Waals surface area contributed by atoms with Gasteiger partial charge in [-0.1, -0.05) is 37.7 Å². The number of nitrogens with one attached hydrogen (secondary N) is 2. The summed E-state index contributed by atoms with van der Waals surface area (Å²) in [5.41, 5.74) is 0. The second-order valence-corrected chi connectivity index (χ2v) is 8.29. The van der Waals surface area contributed by atoms with Gasteiger partial charge in [0.15, 0.2) is 0 Å². The summed E-state index contributed by atoms with van der Waals surface area (Å²) in [6.07, 6.45) is 12.5. The summed E-state index contributed by atoms with van der Waals surface area (Å²) in [6.45, 7) is 2.99. The number of ether oxygens (including phenoxy) is 1. The number of amides is 1. The normalized spacial score (nSPS) is 25.9. The van der Waals surface area contributed by atoms with Crippen molar-refractivity contribution >= 4 is 29.1 Å². The number of aliphatic carboxylic acids is 1. The lowest BCUT2D eigenvalue weighted by atomic mass is 9.77. The van der Waals surface area contributed by atoms with Gasteiger partial charge >= 0.3 is 5.97 Å². The van der Waals surface area contributed by atoms with Crippen LogP contribution in [-0.2, 0) is 14.3 Å². The van der Waals surface area contributed by atoms with E-state index in [1.807, 2.05) is 0 Å². The molecular weight excluding hydrogens is 376 g/mol. The summed E-state index contributed by atoms with van der Waals surface area (Å²) >= 11 is 5.23. The van der Waals surface area contributed by atoms with E-state index in [-0.39, 0.29) is 31.1 Å². The molecule has 3 N–H and O–H groups in total. The molecule has 0 aliphatic carbocycles. The fourth-order valence-corrected chi connectivity index (χ4v) is 4.34. The molecule has 1 amide bonds. The number of carboxylic acids is 1. The minimum atomic E-state index is -0.744. The maximum absolute atomic E-state index is 12.1. The van der Waals surface area contributed by atoms with Crippen LogP contribution < -0.4 is 10.6 Å². The number of carbonyl (C=O) groups is 2. The summed E-state index contributed by atoms with van der Waals surface area (Å²) in [5.74, 6) is 0.00249. The topological polar surface area (TPSA) is 87.7 Å². The van der Waals surface area contributed by atoms with Gasteiger partial charge < -0.3 is 20.5 Å². The van der Waals surface area contributed by atoms with Gasteiger partial charge in [-0.2, -0.15) is 0 Å². The zero-order valence-corrected chi connectivity index (χ0v) is 17.6. The van der Waals surface area contributed by atoms with Gasteiger partial charge in [0.2, 0.25) is 5.91 Å². The van der Waals surface area contributed by atoms with Crippen molar-refractivity contribution in [1.29, 1.82) is 0 Å². The smallest absolute Gasteiger partial charge is 0.303 e. The maximum atomic E-state index is 12.1. The molecule has 0 saturated carbocycles. The number of allylic oxidation sites excluding steroid dienone is 2. The van der Waals surface area contributed by atoms with Crippen molar-refractivity contribution < 1.29 is 19.4 Å². The molecule has 2 aliphatic rings. The van der Waals surface area contributed by atoms with Crippen molar-refractivity contribution in [3.8, 4) is 0 Å². The van der Waals surface area contributed by atoms with E-state index in [0.29, 0.717) is 24.8 Å². The van der Waals surface area contributed by atoms with Crippen LogP contribution in [0.4, 0.5) is 0 Å². The molecule has 0 aromatic carbocycles. The van der Waals surface area contributed by atoms with Crippen molar-refractivity contribution in [2.24, 2.45) is 11.8 Å². The van der Waals surface area contributed by atoms with E-state index < -0.39 is 5.97 Å². The predicted octanol–water partition coefficient (Wildman–Crippen LogP) is 3.20. The number of hydrogen-bond acceptors (Lipinski definition) is 4. The number of unbranched alkanes of at least 4 members (excludes halogenated alkanes) is 2. The van der Waals surface area contributed by atoms with E-state index in [4.69, 9.17) is 22.1 Å². The molecule has 0 spiro atoms. The van der Waals surface area contributed by atoms with Crippen LogP contribution in [0.3, 0.4) is 0 Å². The Kier molecular flexibility index (Phi) is 9.92. The summed E-state index contributed by atoms with van der Waals surface area (Å²) in [7, 11) is 0. The SMILES string of the molecule is CCCCC(=S)NCC(=O)NC[C@H]1[C@@H](CC=CCCCC(=O)O)[C@H]2CC[C@@H]1O2. The molecule has 2 rings (SSSR count). The number of carbonyl (C=O) groups excluding carboxylic acids is 1. The summed E-state index contributed by atoms with van der Waals surface area (Å²) in [6, 6.07) is 0. The van der Waals surface area contributed by atoms with Gasteiger partial charge in [-0.05, 0) is 50.9 Å². The van der Waals surface area contributed by atoms with E-state index in [1.165, 1.54) is 0 Å². The molecule has 0 aromatic rings. The fraction of sp³-hybridized carbons (Fsp3) is 0.762. The number of fused-ring (bicyclic) bond motifs is 2. The molecule has 2 saturated heterocycles. The van der Waals surface area contributed by atoms with Gasteiger partial charge in [-0.3, -0.25) is 9.59 Å². The van der Waals surface area contributed by atoms with Crippen LogP contribution in [-0.4, -0.2) is 47.3 Å². The van der Waals surface area contributed by atoms with Crippen LogP contribution in [0.25, 0.3) is 0 Å². The van der Waals surface area contributed by atoms with E-state index in [9.17, 15) is 9.59 Å². The largest absolute Gasteiger partial charge is 0.481 e. The predicted molar refractivity (Wildman–Crippen MR) is 113 cm³/mol. The Balaban J connectivity index is 1.70. The number of hydrogen-bond donors (Lipinski definition) is 3. The molecule has 2 heterocycles. The quantitative estimate of drug-likeness (QED) is 0.246. The van der Waals surface area contributed by atoms with Crippen molar-refractivity contribution in [3.63, 3.8) is 0 Å². The third-order valence-electron chi connectivity index (χ3n) is 5.67. The Morgan fingerprint density at radius 1 is 1.11 bits per heavy atom. The molecule has 4 atom stereocenters. The highest BCUT2D eigenvalue weighted by Gasteiger charge is 2.47. The van der Waals surface area contributed by atoms with Gasteiger partial charge in [0.25, 0.3) is 0 Å². The third kappa shape index (κ3) is 7.51. The highest BCUT2D eigenvalue weighted by atomic mass is 32.1. The van der Waals surface area contributed by atoms with Crippen molar-refractivity contribution in [2.45, 2.75) is 76.9 Å². The van der Waals surface area contributed by atoms with Gasteiger partial charge in [0, 0.05) is 18.9 Å². The van der Waals surface area contributed by atoms with Crippen LogP contribution >= 0.6 is 12.2 Å². The third-order valence-corrected chi connectivity index (χ3v) is 6.01. The van der Waals surface area contributed by atoms with Crippen molar-refractivity contribution in [1.82, 2.24) is 10.6 Å². The standard InChI is InChI=1S/C21H34N2O4S/c1-2-3-9-20(28)23-14-19(24)22-13-16-15(17-11-12-18(16)27-17)8-6-4-5-7-10-21(25)26/h4,6,15-18H,2-3,5,7-14H2,1H3,(H,22,24)(H,23,28)(H,25,26)/t15-,16+,17-,18+/m1/s1. The fourth-order valence-electron chi connectivity index (χ4n) is 4.12. The molecule has 6 nitrogen and oxygen atoms in total. The number of thiocarbonyl (C=S) groups is 1. The molecule has 0 aromatic heterocycles. The van der Waals surface area contributed by atoms with Gasteiger partial charge in [-0.15, -0.1) is 0 Å². The van der Waals surface area contributed by atoms with Crippen LogP contribution in [0.2, 0.25) is 0 Å². The Morgan fingerprint density at radius 2 is 1.86 bits per heavy atom. The number of rotatable bonds is 13. The van der Waals surface area contributed by atoms with Crippen LogP contribution in [0.1, 0.15) is 64.7 Å². The summed E-state index contributed by atoms with van der Waals surface area (Å²) < 4.78 is 6.08. The van der Waals surface area contributed by atoms with Crippen LogP contribution in [0.15, 0.2) is 12.2 Å². The Bertz CT molecular complexity index is 567. The van der Waals surface area contributed by atoms with E-state index >= 15 is 0 Å². The Hall–Kier alpha value is -1.47. The van der Waals surface area contributed by atoms with Gasteiger partial charge in [0.1, 0.15) is 0 Å². The lowest BCUT2D eigenvalue weighted by molar-refractivity contribution is -0.137. The van der Waals surface area contributed by atoms with Crippen molar-refractivity contribution in [2.75, 3.05) is 13.1 Å². The molecule has 2 fully saturated rings. The highest BCUT2D eigenvalue weighted by Crippen LogP contribution is 2.44. The maximum Gasteiger partial charge on any atom is 0.303 e. The molecule has 7 heteroatoms. The van der Waals surface area contributed by atoms with E-state index in [2.05, 4.69) is 29.7 Å². The zero-order valence-electron chi connectivity index (χ0n) is 16.8. The van der Waals surface area contributed by atoms with Gasteiger partial charge in [0.05, 0.1) is 23.7 Å². The molecular formula is C21H34N2O4S. The van der Waals surface area contributed by atoms with Crippen LogP contribution in [0, 0.1) is 11.8 Å².